The zero-order chi connectivity index (χ0) is 22.2. The average molecular weight is 435 g/mol. The Morgan fingerprint density at radius 1 is 0.935 bits per heavy atom. The summed E-state index contributed by atoms with van der Waals surface area (Å²) >= 11 is 0. The number of nitrogens with one attached hydrogen (secondary N) is 2. The fourth-order valence-electron chi connectivity index (χ4n) is 4.06. The molecule has 0 heterocycles. The van der Waals surface area contributed by atoms with Crippen molar-refractivity contribution in [1.29, 1.82) is 0 Å². The highest BCUT2D eigenvalue weighted by Gasteiger charge is 2.12. The molecule has 2 rings (SSSR count). The minimum atomic E-state index is -0.401. The first-order valence-corrected chi connectivity index (χ1v) is 12.0. The second-order valence-corrected chi connectivity index (χ2v) is 8.65. The van der Waals surface area contributed by atoms with Gasteiger partial charge in [0.2, 0.25) is 11.8 Å². The smallest absolute Gasteiger partial charge is 0.243 e. The van der Waals surface area contributed by atoms with Crippen molar-refractivity contribution in [1.82, 2.24) is 5.48 Å². The van der Waals surface area contributed by atoms with Crippen molar-refractivity contribution < 1.29 is 18.8 Å². The van der Waals surface area contributed by atoms with E-state index in [1.807, 2.05) is 24.3 Å². The average Bonchev–Trinajstić information content (AvgIpc) is 2.72. The van der Waals surface area contributed by atoms with Crippen LogP contribution in [0.5, 0.6) is 0 Å². The Labute approximate surface area is 186 Å². The number of hydroxylamine groups is 1. The van der Waals surface area contributed by atoms with Crippen LogP contribution in [0.3, 0.4) is 0 Å². The van der Waals surface area contributed by atoms with Gasteiger partial charge in [0, 0.05) is 24.9 Å². The number of hydrogen-bond acceptors (Lipinski definition) is 3. The van der Waals surface area contributed by atoms with Crippen molar-refractivity contribution >= 4 is 17.5 Å². The Kier molecular flexibility index (Phi) is 12.9. The predicted molar refractivity (Wildman–Crippen MR) is 122 cm³/mol. The van der Waals surface area contributed by atoms with Crippen LogP contribution in [0.2, 0.25) is 0 Å². The highest BCUT2D eigenvalue weighted by Crippen LogP contribution is 2.22. The maximum Gasteiger partial charge on any atom is 0.243 e. The Bertz CT molecular complexity index is 645. The van der Waals surface area contributed by atoms with E-state index in [2.05, 4.69) is 10.8 Å². The van der Waals surface area contributed by atoms with Crippen LogP contribution in [-0.4, -0.2) is 25.1 Å². The fraction of sp³-hybridized carbons (Fsp3) is 0.680. The summed E-state index contributed by atoms with van der Waals surface area (Å²) in [5.41, 5.74) is 4.19. The van der Waals surface area contributed by atoms with Crippen molar-refractivity contribution in [3.05, 3.63) is 29.8 Å². The maximum absolute atomic E-state index is 12.4. The van der Waals surface area contributed by atoms with Crippen LogP contribution in [0.1, 0.15) is 89.0 Å². The van der Waals surface area contributed by atoms with Gasteiger partial charge in [0.05, 0.1) is 13.3 Å². The Morgan fingerprint density at radius 3 is 2.32 bits per heavy atom. The summed E-state index contributed by atoms with van der Waals surface area (Å²) in [6.45, 7) is 0.222. The van der Waals surface area contributed by atoms with Crippen LogP contribution >= 0.6 is 0 Å². The van der Waals surface area contributed by atoms with Gasteiger partial charge in [-0.3, -0.25) is 18.8 Å². The standard InChI is InChI=1S/C25H39FN2O3/c26-18-17-21-13-10-14-23(19-21)27-24(29)15-8-4-5-9-16-25(30)28-31-20-22-11-6-2-1-3-7-12-22/h10,13-14,19,22H,1-9,11-12,15-18,20H2,(H,27,29)(H,28,30). The van der Waals surface area contributed by atoms with Gasteiger partial charge in [0.1, 0.15) is 0 Å². The molecule has 0 atom stereocenters. The number of aryl methyl sites for hydroxylation is 1. The fourth-order valence-corrected chi connectivity index (χ4v) is 4.06. The second kappa shape index (κ2) is 15.8. The predicted octanol–water partition coefficient (Wildman–Crippen LogP) is 5.89. The van der Waals surface area contributed by atoms with Crippen LogP contribution in [-0.2, 0) is 20.8 Å². The number of amides is 2. The molecule has 0 bridgehead atoms. The van der Waals surface area contributed by atoms with Crippen molar-refractivity contribution in [2.45, 2.75) is 89.9 Å². The van der Waals surface area contributed by atoms with E-state index in [0.717, 1.165) is 31.2 Å². The largest absolute Gasteiger partial charge is 0.326 e. The van der Waals surface area contributed by atoms with E-state index in [-0.39, 0.29) is 11.8 Å². The quantitative estimate of drug-likeness (QED) is 0.301. The van der Waals surface area contributed by atoms with Crippen LogP contribution in [0.25, 0.3) is 0 Å². The summed E-state index contributed by atoms with van der Waals surface area (Å²) in [4.78, 5) is 29.4. The molecule has 0 aliphatic heterocycles. The second-order valence-electron chi connectivity index (χ2n) is 8.65. The molecule has 0 spiro atoms. The lowest BCUT2D eigenvalue weighted by atomic mass is 9.92. The highest BCUT2D eigenvalue weighted by molar-refractivity contribution is 5.90. The lowest BCUT2D eigenvalue weighted by molar-refractivity contribution is -0.135. The monoisotopic (exact) mass is 434 g/mol. The Morgan fingerprint density at radius 2 is 1.61 bits per heavy atom. The van der Waals surface area contributed by atoms with Gasteiger partial charge in [-0.25, -0.2) is 5.48 Å². The molecule has 1 aliphatic rings. The van der Waals surface area contributed by atoms with E-state index in [1.54, 1.807) is 0 Å². The van der Waals surface area contributed by atoms with Crippen LogP contribution in [0.15, 0.2) is 24.3 Å². The summed E-state index contributed by atoms with van der Waals surface area (Å²) in [5, 5.41) is 2.87. The molecule has 6 heteroatoms. The molecule has 0 radical (unpaired) electrons. The molecule has 5 nitrogen and oxygen atoms in total. The lowest BCUT2D eigenvalue weighted by Crippen LogP contribution is -2.26. The van der Waals surface area contributed by atoms with Gasteiger partial charge in [-0.15, -0.1) is 0 Å². The number of carbonyl (C=O) groups excluding carboxylic acids is 2. The molecule has 1 aromatic carbocycles. The molecule has 2 N–H and O–H groups in total. The van der Waals surface area contributed by atoms with Gasteiger partial charge < -0.3 is 5.32 Å². The Hall–Kier alpha value is -1.95. The molecule has 31 heavy (non-hydrogen) atoms. The van der Waals surface area contributed by atoms with E-state index in [4.69, 9.17) is 4.84 Å². The molecule has 0 saturated heterocycles. The number of benzene rings is 1. The summed E-state index contributed by atoms with van der Waals surface area (Å²) in [6, 6.07) is 7.31. The maximum atomic E-state index is 12.4. The molecule has 0 aromatic heterocycles. The Balaban J connectivity index is 1.46. The molecule has 2 amide bonds. The van der Waals surface area contributed by atoms with Gasteiger partial charge in [-0.1, -0.05) is 57.1 Å². The van der Waals surface area contributed by atoms with Gasteiger partial charge in [0.15, 0.2) is 0 Å². The summed E-state index contributed by atoms with van der Waals surface area (Å²) in [7, 11) is 0. The number of anilines is 1. The van der Waals surface area contributed by atoms with E-state index >= 15 is 0 Å². The van der Waals surface area contributed by atoms with E-state index in [9.17, 15) is 14.0 Å². The number of rotatable bonds is 13. The molecule has 174 valence electrons. The number of hydrogen-bond donors (Lipinski definition) is 2. The zero-order valence-electron chi connectivity index (χ0n) is 18.8. The molecule has 1 saturated carbocycles. The van der Waals surface area contributed by atoms with E-state index in [1.165, 1.54) is 44.9 Å². The number of alkyl halides is 1. The number of carbonyl (C=O) groups is 2. The molecule has 1 aliphatic carbocycles. The number of halogens is 1. The minimum absolute atomic E-state index is 0.0299. The van der Waals surface area contributed by atoms with Gasteiger partial charge in [-0.2, -0.15) is 0 Å². The molecule has 1 aromatic rings. The van der Waals surface area contributed by atoms with Crippen molar-refractivity contribution in [2.24, 2.45) is 5.92 Å². The SMILES string of the molecule is O=C(CCCCCCC(=O)Nc1cccc(CCF)c1)NOCC1CCCCCCC1. The van der Waals surface area contributed by atoms with Gasteiger partial charge >= 0.3 is 0 Å². The zero-order valence-corrected chi connectivity index (χ0v) is 18.8. The van der Waals surface area contributed by atoms with E-state index in [0.29, 0.717) is 37.5 Å². The van der Waals surface area contributed by atoms with Gasteiger partial charge in [0.25, 0.3) is 0 Å². The summed E-state index contributed by atoms with van der Waals surface area (Å²) < 4.78 is 12.4. The first kappa shape index (κ1) is 25.3. The molecular weight excluding hydrogens is 395 g/mol. The topological polar surface area (TPSA) is 67.4 Å². The third-order valence-electron chi connectivity index (χ3n) is 5.88. The molecule has 0 unspecified atom stereocenters. The van der Waals surface area contributed by atoms with Crippen molar-refractivity contribution in [3.63, 3.8) is 0 Å². The number of unbranched alkanes of at least 4 members (excludes halogenated alkanes) is 3. The van der Waals surface area contributed by atoms with Crippen molar-refractivity contribution in [2.75, 3.05) is 18.6 Å². The van der Waals surface area contributed by atoms with Crippen LogP contribution < -0.4 is 10.8 Å². The van der Waals surface area contributed by atoms with Crippen LogP contribution in [0, 0.1) is 5.92 Å². The first-order valence-electron chi connectivity index (χ1n) is 12.0. The minimum Gasteiger partial charge on any atom is -0.326 e. The van der Waals surface area contributed by atoms with Crippen LogP contribution in [0.4, 0.5) is 10.1 Å². The van der Waals surface area contributed by atoms with Gasteiger partial charge in [-0.05, 0) is 49.3 Å². The lowest BCUT2D eigenvalue weighted by Gasteiger charge is -2.19. The normalized spacial score (nSPS) is 15.1. The highest BCUT2D eigenvalue weighted by atomic mass is 19.1. The molecular formula is C25H39FN2O3. The first-order chi connectivity index (χ1) is 15.2. The molecule has 1 fully saturated rings. The van der Waals surface area contributed by atoms with Crippen molar-refractivity contribution in [3.8, 4) is 0 Å². The summed E-state index contributed by atoms with van der Waals surface area (Å²) in [6.07, 6.45) is 13.6. The third-order valence-corrected chi connectivity index (χ3v) is 5.88. The third kappa shape index (κ3) is 11.9. The van der Waals surface area contributed by atoms with E-state index < -0.39 is 6.67 Å². The summed E-state index contributed by atoms with van der Waals surface area (Å²) in [5.74, 6) is 0.479.